The highest BCUT2D eigenvalue weighted by Crippen LogP contribution is 2.07. The van der Waals surface area contributed by atoms with E-state index in [1.165, 1.54) is 0 Å². The van der Waals surface area contributed by atoms with Gasteiger partial charge in [0.2, 0.25) is 5.95 Å². The van der Waals surface area contributed by atoms with Crippen LogP contribution in [0.15, 0.2) is 4.79 Å². The van der Waals surface area contributed by atoms with E-state index in [1.807, 2.05) is 0 Å². The average molecular weight is 209 g/mol. The predicted molar refractivity (Wildman–Crippen MR) is 46.5 cm³/mol. The molecular weight excluding hydrogens is 197 g/mol. The molecule has 0 unspecified atom stereocenters. The Labute approximate surface area is 78.1 Å². The van der Waals surface area contributed by atoms with Crippen molar-refractivity contribution in [1.82, 2.24) is 19.6 Å². The van der Waals surface area contributed by atoms with E-state index in [2.05, 4.69) is 10.4 Å². The minimum absolute atomic E-state index is 0. The van der Waals surface area contributed by atoms with Gasteiger partial charge in [0.25, 0.3) is 0 Å². The highest BCUT2D eigenvalue weighted by Gasteiger charge is 2.18. The van der Waals surface area contributed by atoms with Gasteiger partial charge in [-0.3, -0.25) is 5.43 Å². The molecular formula is C5H12FN5O3. The van der Waals surface area contributed by atoms with Crippen LogP contribution >= 0.6 is 0 Å². The molecule has 0 amide bonds. The quantitative estimate of drug-likeness (QED) is 0.504. The van der Waals surface area contributed by atoms with Gasteiger partial charge in [-0.15, -0.1) is 0 Å². The Morgan fingerprint density at radius 3 is 2.71 bits per heavy atom. The summed E-state index contributed by atoms with van der Waals surface area (Å²) in [6.45, 7) is 1.05. The maximum absolute atomic E-state index is 12.8. The van der Waals surface area contributed by atoms with Gasteiger partial charge in [-0.1, -0.05) is 9.39 Å². The fourth-order valence-electron chi connectivity index (χ4n) is 1.12. The normalized spacial score (nSPS) is 14.7. The zero-order chi connectivity index (χ0) is 8.72. The van der Waals surface area contributed by atoms with E-state index in [0.29, 0.717) is 13.1 Å². The topological polar surface area (TPSA) is 118 Å². The minimum atomic E-state index is -0.882. The van der Waals surface area contributed by atoms with E-state index >= 15 is 0 Å². The second kappa shape index (κ2) is 4.17. The third-order valence-corrected chi connectivity index (χ3v) is 1.75. The van der Waals surface area contributed by atoms with Crippen molar-refractivity contribution in [2.24, 2.45) is 0 Å². The maximum Gasteiger partial charge on any atom is 0.395 e. The predicted octanol–water partition coefficient (Wildman–Crippen LogP) is -2.60. The van der Waals surface area contributed by atoms with Crippen molar-refractivity contribution in [1.29, 1.82) is 0 Å². The fraction of sp³-hybridized carbons (Fsp3) is 0.600. The third kappa shape index (κ3) is 1.73. The van der Waals surface area contributed by atoms with Crippen LogP contribution in [-0.2, 0) is 6.54 Å². The lowest BCUT2D eigenvalue weighted by molar-refractivity contribution is 0.209. The number of nitrogens with one attached hydrogen (secondary N) is 1. The van der Waals surface area contributed by atoms with Crippen molar-refractivity contribution in [2.45, 2.75) is 6.54 Å². The molecule has 8 nitrogen and oxygen atoms in total. The van der Waals surface area contributed by atoms with E-state index in [-0.39, 0.29) is 21.8 Å². The van der Waals surface area contributed by atoms with Crippen LogP contribution in [0, 0.1) is 0 Å². The highest BCUT2D eigenvalue weighted by molar-refractivity contribution is 5.22. The first-order valence-corrected chi connectivity index (χ1v) is 3.52. The molecule has 0 atom stereocenters. The molecule has 1 aromatic heterocycles. The highest BCUT2D eigenvalue weighted by atomic mass is 19.2. The third-order valence-electron chi connectivity index (χ3n) is 1.75. The number of hydrazine groups is 1. The number of hydrogen-bond acceptors (Lipinski definition) is 4. The molecule has 0 aliphatic carbocycles. The lowest BCUT2D eigenvalue weighted by Gasteiger charge is -2.24. The Balaban J connectivity index is 0.000000845. The summed E-state index contributed by atoms with van der Waals surface area (Å²) in [4.78, 5) is 14.2. The van der Waals surface area contributed by atoms with Crippen molar-refractivity contribution in [3.05, 3.63) is 10.5 Å². The molecule has 0 aromatic carbocycles. The Hall–Kier alpha value is -1.45. The molecule has 0 saturated carbocycles. The first kappa shape index (κ1) is 12.6. The SMILES string of the molecule is CN1CCn2c(nc(=O)n2F)N1.O.O. The number of fused-ring (bicyclic) bond motifs is 1. The molecule has 2 rings (SSSR count). The van der Waals surface area contributed by atoms with Crippen LogP contribution < -0.4 is 11.1 Å². The first-order valence-electron chi connectivity index (χ1n) is 3.52. The van der Waals surface area contributed by atoms with Crippen LogP contribution in [0.25, 0.3) is 0 Å². The number of anilines is 1. The van der Waals surface area contributed by atoms with Gasteiger partial charge in [-0.25, -0.2) is 14.5 Å². The summed E-state index contributed by atoms with van der Waals surface area (Å²) < 4.78 is 14.0. The molecule has 0 fully saturated rings. The van der Waals surface area contributed by atoms with Gasteiger partial charge >= 0.3 is 5.69 Å². The van der Waals surface area contributed by atoms with Gasteiger partial charge in [-0.05, 0) is 0 Å². The zero-order valence-electron chi connectivity index (χ0n) is 7.49. The summed E-state index contributed by atoms with van der Waals surface area (Å²) in [6, 6.07) is 0. The largest absolute Gasteiger partial charge is 0.412 e. The van der Waals surface area contributed by atoms with Gasteiger partial charge in [0.1, 0.15) is 0 Å². The molecule has 0 saturated heterocycles. The molecule has 82 valence electrons. The van der Waals surface area contributed by atoms with Crippen LogP contribution in [0.5, 0.6) is 0 Å². The van der Waals surface area contributed by atoms with E-state index in [4.69, 9.17) is 0 Å². The van der Waals surface area contributed by atoms with Crippen molar-refractivity contribution in [3.63, 3.8) is 0 Å². The zero-order valence-corrected chi connectivity index (χ0v) is 7.49. The van der Waals surface area contributed by atoms with Crippen LogP contribution in [0.1, 0.15) is 0 Å². The van der Waals surface area contributed by atoms with Crippen molar-refractivity contribution < 1.29 is 15.4 Å². The lowest BCUT2D eigenvalue weighted by Crippen LogP contribution is -2.36. The van der Waals surface area contributed by atoms with Crippen molar-refractivity contribution in [3.8, 4) is 0 Å². The lowest BCUT2D eigenvalue weighted by atomic mass is 10.6. The Bertz CT molecular complexity index is 361. The van der Waals surface area contributed by atoms with E-state index in [9.17, 15) is 9.28 Å². The number of rotatable bonds is 0. The molecule has 2 heterocycles. The summed E-state index contributed by atoms with van der Waals surface area (Å²) in [5.41, 5.74) is 1.86. The monoisotopic (exact) mass is 209 g/mol. The maximum atomic E-state index is 12.8. The summed E-state index contributed by atoms with van der Waals surface area (Å²) in [6.07, 6.45) is 0. The molecule has 1 aliphatic rings. The Morgan fingerprint density at radius 2 is 2.07 bits per heavy atom. The van der Waals surface area contributed by atoms with Gasteiger partial charge in [0.05, 0.1) is 6.54 Å². The van der Waals surface area contributed by atoms with E-state index < -0.39 is 5.69 Å². The average Bonchev–Trinajstić information content (AvgIpc) is 2.28. The summed E-state index contributed by atoms with van der Waals surface area (Å²) >= 11 is 0. The molecule has 0 spiro atoms. The summed E-state index contributed by atoms with van der Waals surface area (Å²) in [5.74, 6) is 0.247. The van der Waals surface area contributed by atoms with Gasteiger partial charge in [-0.2, -0.15) is 4.98 Å². The summed E-state index contributed by atoms with van der Waals surface area (Å²) in [5, 5.41) is 1.74. The molecule has 14 heavy (non-hydrogen) atoms. The van der Waals surface area contributed by atoms with E-state index in [1.54, 1.807) is 12.1 Å². The molecule has 1 aliphatic heterocycles. The van der Waals surface area contributed by atoms with E-state index in [0.717, 1.165) is 4.68 Å². The van der Waals surface area contributed by atoms with Gasteiger partial charge in [0.15, 0.2) is 0 Å². The van der Waals surface area contributed by atoms with Gasteiger partial charge < -0.3 is 11.0 Å². The second-order valence-electron chi connectivity index (χ2n) is 2.63. The molecule has 0 bridgehead atoms. The van der Waals surface area contributed by atoms with Crippen molar-refractivity contribution in [2.75, 3.05) is 19.0 Å². The molecule has 1 aromatic rings. The molecule has 0 radical (unpaired) electrons. The smallest absolute Gasteiger partial charge is 0.395 e. The summed E-state index contributed by atoms with van der Waals surface area (Å²) in [7, 11) is 1.80. The first-order chi connectivity index (χ1) is 5.68. The molecule has 9 heteroatoms. The Morgan fingerprint density at radius 1 is 1.43 bits per heavy atom. The number of likely N-dealkylation sites (N-methyl/N-ethyl adjacent to an activating group) is 1. The van der Waals surface area contributed by atoms with Crippen LogP contribution in [0.4, 0.5) is 10.4 Å². The Kier molecular flexibility index (Phi) is 3.74. The van der Waals surface area contributed by atoms with Gasteiger partial charge in [0, 0.05) is 13.6 Å². The van der Waals surface area contributed by atoms with Crippen molar-refractivity contribution >= 4 is 5.95 Å². The van der Waals surface area contributed by atoms with Crippen LogP contribution in [0.2, 0.25) is 0 Å². The van der Waals surface area contributed by atoms with Crippen LogP contribution in [-0.4, -0.2) is 44.1 Å². The standard InChI is InChI=1S/C5H8FN5O.2H2O/c1-9-2-3-10-4(8-9)7-5(12)11(10)6;;/h2-3H2,1H3,(H,7,8,12);2*1H2. The fourth-order valence-corrected chi connectivity index (χ4v) is 1.12. The van der Waals surface area contributed by atoms with Crippen LogP contribution in [0.3, 0.4) is 0 Å². The number of hydrogen-bond donors (Lipinski definition) is 1. The minimum Gasteiger partial charge on any atom is -0.412 e. The second-order valence-corrected chi connectivity index (χ2v) is 2.63. The molecule has 5 N–H and O–H groups in total. The number of nitrogens with zero attached hydrogens (tertiary/aromatic N) is 4. The number of aromatic nitrogens is 3. The number of halogens is 1.